The number of aryl methyl sites for hydroxylation is 1. The maximum absolute atomic E-state index is 13.8. The van der Waals surface area contributed by atoms with E-state index in [2.05, 4.69) is 5.32 Å². The Labute approximate surface area is 170 Å². The number of carbonyl (C=O) groups excluding carboxylic acids is 2. The summed E-state index contributed by atoms with van der Waals surface area (Å²) in [5.41, 5.74) is 2.65. The number of hydrogen-bond donors (Lipinski definition) is 1. The Bertz CT molecular complexity index is 813. The van der Waals surface area contributed by atoms with Gasteiger partial charge in [-0.3, -0.25) is 9.59 Å². The standard InChI is InChI=1S/C22H27FN2O2S/c1-4-24-22(27)17(3)25(13-18-9-7-8-16(2)12-18)21(26)15-28-14-19-10-5-6-11-20(19)23/h5-12,17H,4,13-15H2,1-3H3,(H,24,27)/t17-/m1/s1. The number of likely N-dealkylation sites (N-methyl/N-ethyl adjacent to an activating group) is 1. The molecule has 0 aliphatic heterocycles. The molecule has 2 aromatic rings. The van der Waals surface area contributed by atoms with Crippen LogP contribution in [0.15, 0.2) is 48.5 Å². The number of nitrogens with zero attached hydrogens (tertiary/aromatic N) is 1. The summed E-state index contributed by atoms with van der Waals surface area (Å²) in [6.45, 7) is 6.45. The van der Waals surface area contributed by atoms with Crippen LogP contribution in [0, 0.1) is 12.7 Å². The van der Waals surface area contributed by atoms with Crippen LogP contribution in [-0.2, 0) is 21.9 Å². The second-order valence-electron chi connectivity index (χ2n) is 6.67. The molecule has 0 heterocycles. The highest BCUT2D eigenvalue weighted by Crippen LogP contribution is 2.18. The third kappa shape index (κ3) is 6.37. The number of nitrogens with one attached hydrogen (secondary N) is 1. The summed E-state index contributed by atoms with van der Waals surface area (Å²) in [4.78, 5) is 26.8. The van der Waals surface area contributed by atoms with Gasteiger partial charge in [0.15, 0.2) is 0 Å². The van der Waals surface area contributed by atoms with Crippen LogP contribution in [0.2, 0.25) is 0 Å². The van der Waals surface area contributed by atoms with Gasteiger partial charge in [0.2, 0.25) is 11.8 Å². The molecule has 0 bridgehead atoms. The normalized spacial score (nSPS) is 11.7. The number of halogens is 1. The molecule has 0 aromatic heterocycles. The summed E-state index contributed by atoms with van der Waals surface area (Å²) in [5, 5.41) is 2.78. The smallest absolute Gasteiger partial charge is 0.242 e. The largest absolute Gasteiger partial charge is 0.355 e. The molecule has 4 nitrogen and oxygen atoms in total. The highest BCUT2D eigenvalue weighted by atomic mass is 32.2. The lowest BCUT2D eigenvalue weighted by atomic mass is 10.1. The summed E-state index contributed by atoms with van der Waals surface area (Å²) in [6, 6.07) is 13.9. The number of hydrogen-bond acceptors (Lipinski definition) is 3. The van der Waals surface area contributed by atoms with E-state index >= 15 is 0 Å². The summed E-state index contributed by atoms with van der Waals surface area (Å²) < 4.78 is 13.8. The zero-order valence-corrected chi connectivity index (χ0v) is 17.4. The molecule has 0 fully saturated rings. The third-order valence-electron chi connectivity index (χ3n) is 4.39. The van der Waals surface area contributed by atoms with E-state index in [9.17, 15) is 14.0 Å². The molecular formula is C22H27FN2O2S. The average molecular weight is 403 g/mol. The Balaban J connectivity index is 2.07. The highest BCUT2D eigenvalue weighted by molar-refractivity contribution is 7.99. The number of benzene rings is 2. The molecule has 0 radical (unpaired) electrons. The van der Waals surface area contributed by atoms with Gasteiger partial charge in [-0.2, -0.15) is 0 Å². The van der Waals surface area contributed by atoms with Crippen LogP contribution in [0.25, 0.3) is 0 Å². The Morgan fingerprint density at radius 1 is 1.18 bits per heavy atom. The molecule has 0 spiro atoms. The molecule has 28 heavy (non-hydrogen) atoms. The topological polar surface area (TPSA) is 49.4 Å². The number of thioether (sulfide) groups is 1. The Morgan fingerprint density at radius 3 is 2.61 bits per heavy atom. The van der Waals surface area contributed by atoms with E-state index in [4.69, 9.17) is 0 Å². The van der Waals surface area contributed by atoms with Crippen LogP contribution in [0.5, 0.6) is 0 Å². The van der Waals surface area contributed by atoms with Gasteiger partial charge in [0.05, 0.1) is 5.75 Å². The van der Waals surface area contributed by atoms with Gasteiger partial charge >= 0.3 is 0 Å². The minimum atomic E-state index is -0.581. The van der Waals surface area contributed by atoms with Crippen molar-refractivity contribution in [2.75, 3.05) is 12.3 Å². The van der Waals surface area contributed by atoms with Crippen LogP contribution in [0.4, 0.5) is 4.39 Å². The first-order valence-electron chi connectivity index (χ1n) is 9.36. The second-order valence-corrected chi connectivity index (χ2v) is 7.65. The van der Waals surface area contributed by atoms with Crippen LogP contribution >= 0.6 is 11.8 Å². The van der Waals surface area contributed by atoms with Crippen molar-refractivity contribution < 1.29 is 14.0 Å². The monoisotopic (exact) mass is 402 g/mol. The van der Waals surface area contributed by atoms with E-state index in [0.717, 1.165) is 11.1 Å². The first-order chi connectivity index (χ1) is 13.4. The number of amides is 2. The summed E-state index contributed by atoms with van der Waals surface area (Å²) in [6.07, 6.45) is 0. The van der Waals surface area contributed by atoms with Crippen molar-refractivity contribution in [2.24, 2.45) is 0 Å². The van der Waals surface area contributed by atoms with Gasteiger partial charge in [0, 0.05) is 18.8 Å². The minimum absolute atomic E-state index is 0.137. The van der Waals surface area contributed by atoms with Gasteiger partial charge in [-0.25, -0.2) is 4.39 Å². The molecule has 1 N–H and O–H groups in total. The zero-order valence-electron chi connectivity index (χ0n) is 16.6. The van der Waals surface area contributed by atoms with E-state index in [0.29, 0.717) is 24.4 Å². The van der Waals surface area contributed by atoms with Gasteiger partial charge in [0.25, 0.3) is 0 Å². The maximum Gasteiger partial charge on any atom is 0.242 e. The summed E-state index contributed by atoms with van der Waals surface area (Å²) in [5.74, 6) is 0.00909. The van der Waals surface area contributed by atoms with Crippen LogP contribution in [-0.4, -0.2) is 35.1 Å². The van der Waals surface area contributed by atoms with E-state index < -0.39 is 6.04 Å². The van der Waals surface area contributed by atoms with Crippen molar-refractivity contribution in [1.29, 1.82) is 0 Å². The molecule has 0 saturated heterocycles. The molecule has 2 rings (SSSR count). The van der Waals surface area contributed by atoms with Crippen LogP contribution in [0.1, 0.15) is 30.5 Å². The highest BCUT2D eigenvalue weighted by Gasteiger charge is 2.25. The quantitative estimate of drug-likeness (QED) is 0.692. The predicted octanol–water partition coefficient (Wildman–Crippen LogP) is 3.92. The molecular weight excluding hydrogens is 375 g/mol. The number of carbonyl (C=O) groups is 2. The van der Waals surface area contributed by atoms with Crippen molar-refractivity contribution in [1.82, 2.24) is 10.2 Å². The average Bonchev–Trinajstić information content (AvgIpc) is 2.67. The first kappa shape index (κ1) is 22.0. The predicted molar refractivity (Wildman–Crippen MR) is 112 cm³/mol. The molecule has 1 atom stereocenters. The Hall–Kier alpha value is -2.34. The van der Waals surface area contributed by atoms with Gasteiger partial charge in [-0.1, -0.05) is 48.0 Å². The molecule has 0 aliphatic carbocycles. The molecule has 2 amide bonds. The van der Waals surface area contributed by atoms with Crippen LogP contribution < -0.4 is 5.32 Å². The van der Waals surface area contributed by atoms with Gasteiger partial charge in [-0.05, 0) is 38.0 Å². The van der Waals surface area contributed by atoms with E-state index in [1.807, 2.05) is 38.1 Å². The zero-order chi connectivity index (χ0) is 20.5. The van der Waals surface area contributed by atoms with Crippen molar-refractivity contribution in [3.05, 3.63) is 71.0 Å². The van der Waals surface area contributed by atoms with Crippen molar-refractivity contribution >= 4 is 23.6 Å². The molecule has 0 aliphatic rings. The van der Waals surface area contributed by atoms with Crippen LogP contribution in [0.3, 0.4) is 0 Å². The fraction of sp³-hybridized carbons (Fsp3) is 0.364. The molecule has 6 heteroatoms. The molecule has 150 valence electrons. The van der Waals surface area contributed by atoms with Crippen molar-refractivity contribution in [3.8, 4) is 0 Å². The van der Waals surface area contributed by atoms with Gasteiger partial charge in [0.1, 0.15) is 11.9 Å². The Kier molecular flexibility index (Phi) is 8.51. The second kappa shape index (κ2) is 10.9. The van der Waals surface area contributed by atoms with E-state index in [1.165, 1.54) is 17.8 Å². The van der Waals surface area contributed by atoms with Crippen molar-refractivity contribution in [3.63, 3.8) is 0 Å². The van der Waals surface area contributed by atoms with E-state index in [1.54, 1.807) is 30.0 Å². The third-order valence-corrected chi connectivity index (χ3v) is 5.36. The Morgan fingerprint density at radius 2 is 1.93 bits per heavy atom. The molecule has 0 unspecified atom stereocenters. The SMILES string of the molecule is CCNC(=O)[C@@H](C)N(Cc1cccc(C)c1)C(=O)CSCc1ccccc1F. The fourth-order valence-electron chi connectivity index (χ4n) is 2.86. The molecule has 0 saturated carbocycles. The lowest BCUT2D eigenvalue weighted by Gasteiger charge is -2.28. The molecule has 2 aromatic carbocycles. The minimum Gasteiger partial charge on any atom is -0.355 e. The maximum atomic E-state index is 13.8. The van der Waals surface area contributed by atoms with E-state index in [-0.39, 0.29) is 23.4 Å². The van der Waals surface area contributed by atoms with Crippen molar-refractivity contribution in [2.45, 2.75) is 39.1 Å². The lowest BCUT2D eigenvalue weighted by molar-refractivity contribution is -0.138. The number of rotatable bonds is 9. The first-order valence-corrected chi connectivity index (χ1v) is 10.5. The summed E-state index contributed by atoms with van der Waals surface area (Å²) in [7, 11) is 0. The lowest BCUT2D eigenvalue weighted by Crippen LogP contribution is -2.48. The fourth-order valence-corrected chi connectivity index (χ4v) is 3.75. The summed E-state index contributed by atoms with van der Waals surface area (Å²) >= 11 is 1.35. The van der Waals surface area contributed by atoms with Gasteiger partial charge in [-0.15, -0.1) is 11.8 Å². The van der Waals surface area contributed by atoms with Gasteiger partial charge < -0.3 is 10.2 Å².